The van der Waals surface area contributed by atoms with Gasteiger partial charge < -0.3 is 5.11 Å². The summed E-state index contributed by atoms with van der Waals surface area (Å²) in [5, 5.41) is 8.57. The fraction of sp³-hybridized carbons (Fsp3) is 0.364. The molecule has 0 aliphatic carbocycles. The zero-order valence-electron chi connectivity index (χ0n) is 8.50. The number of thioether (sulfide) groups is 1. The first-order valence-electron chi connectivity index (χ1n) is 4.68. The van der Waals surface area contributed by atoms with Crippen molar-refractivity contribution in [3.8, 4) is 0 Å². The highest BCUT2D eigenvalue weighted by molar-refractivity contribution is 9.10. The number of hydrogen-bond donors (Lipinski definition) is 1. The lowest BCUT2D eigenvalue weighted by atomic mass is 10.1. The van der Waals surface area contributed by atoms with Gasteiger partial charge in [0.25, 0.3) is 0 Å². The number of hydrogen-bond acceptors (Lipinski definition) is 2. The average molecular weight is 289 g/mol. The molecule has 0 aromatic heterocycles. The Morgan fingerprint density at radius 3 is 2.87 bits per heavy atom. The van der Waals surface area contributed by atoms with Crippen LogP contribution in [0.25, 0.3) is 0 Å². The molecule has 82 valence electrons. The van der Waals surface area contributed by atoms with Crippen molar-refractivity contribution < 1.29 is 9.90 Å². The summed E-state index contributed by atoms with van der Waals surface area (Å²) in [6.07, 6.45) is 3.76. The molecule has 0 aliphatic rings. The lowest BCUT2D eigenvalue weighted by Crippen LogP contribution is -1.97. The smallest absolute Gasteiger partial charge is 0.303 e. The van der Waals surface area contributed by atoms with Gasteiger partial charge in [-0.15, -0.1) is 11.8 Å². The van der Waals surface area contributed by atoms with Crippen molar-refractivity contribution in [1.82, 2.24) is 0 Å². The Morgan fingerprint density at radius 2 is 2.27 bits per heavy atom. The van der Waals surface area contributed by atoms with Crippen LogP contribution in [0.1, 0.15) is 18.4 Å². The fourth-order valence-corrected chi connectivity index (χ4v) is 2.76. The van der Waals surface area contributed by atoms with Crippen molar-refractivity contribution in [1.29, 1.82) is 0 Å². The SMILES string of the molecule is CSc1cccc(Br)c1CCCC(=O)O. The van der Waals surface area contributed by atoms with E-state index in [1.165, 1.54) is 10.5 Å². The van der Waals surface area contributed by atoms with Crippen molar-refractivity contribution in [3.05, 3.63) is 28.2 Å². The van der Waals surface area contributed by atoms with Crippen LogP contribution in [0.3, 0.4) is 0 Å². The fourth-order valence-electron chi connectivity index (χ4n) is 1.39. The van der Waals surface area contributed by atoms with Gasteiger partial charge in [-0.3, -0.25) is 4.79 Å². The molecule has 1 rings (SSSR count). The van der Waals surface area contributed by atoms with E-state index in [2.05, 4.69) is 22.0 Å². The van der Waals surface area contributed by atoms with E-state index in [0.717, 1.165) is 10.9 Å². The Morgan fingerprint density at radius 1 is 1.53 bits per heavy atom. The molecule has 0 bridgehead atoms. The number of carbonyl (C=O) groups is 1. The molecule has 0 fully saturated rings. The Labute approximate surface area is 102 Å². The maximum absolute atomic E-state index is 10.4. The molecular weight excluding hydrogens is 276 g/mol. The van der Waals surface area contributed by atoms with Crippen molar-refractivity contribution >= 4 is 33.7 Å². The minimum Gasteiger partial charge on any atom is -0.481 e. The second-order valence-corrected chi connectivity index (χ2v) is 4.87. The van der Waals surface area contributed by atoms with Crippen LogP contribution in [0.2, 0.25) is 0 Å². The number of benzene rings is 1. The zero-order chi connectivity index (χ0) is 11.3. The summed E-state index contributed by atoms with van der Waals surface area (Å²) in [5.74, 6) is -0.729. The molecule has 0 saturated heterocycles. The van der Waals surface area contributed by atoms with Gasteiger partial charge in [0.05, 0.1) is 0 Å². The van der Waals surface area contributed by atoms with Gasteiger partial charge in [0.2, 0.25) is 0 Å². The summed E-state index contributed by atoms with van der Waals surface area (Å²) in [6.45, 7) is 0. The second kappa shape index (κ2) is 6.18. The van der Waals surface area contributed by atoms with Crippen LogP contribution < -0.4 is 0 Å². The van der Waals surface area contributed by atoms with Gasteiger partial charge in [-0.05, 0) is 36.8 Å². The number of aliphatic carboxylic acids is 1. The van der Waals surface area contributed by atoms with Crippen molar-refractivity contribution in [3.63, 3.8) is 0 Å². The highest BCUT2D eigenvalue weighted by Gasteiger charge is 2.06. The molecule has 0 spiro atoms. The molecule has 0 heterocycles. The predicted octanol–water partition coefficient (Wildman–Crippen LogP) is 3.58. The van der Waals surface area contributed by atoms with E-state index in [4.69, 9.17) is 5.11 Å². The van der Waals surface area contributed by atoms with Gasteiger partial charge in [-0.1, -0.05) is 22.0 Å². The first-order valence-corrected chi connectivity index (χ1v) is 6.70. The van der Waals surface area contributed by atoms with Gasteiger partial charge in [0, 0.05) is 15.8 Å². The van der Waals surface area contributed by atoms with Crippen molar-refractivity contribution in [2.24, 2.45) is 0 Å². The van der Waals surface area contributed by atoms with Crippen LogP contribution in [0, 0.1) is 0 Å². The van der Waals surface area contributed by atoms with Gasteiger partial charge >= 0.3 is 5.97 Å². The van der Waals surface area contributed by atoms with E-state index < -0.39 is 5.97 Å². The largest absolute Gasteiger partial charge is 0.481 e. The van der Waals surface area contributed by atoms with Crippen LogP contribution in [0.5, 0.6) is 0 Å². The maximum Gasteiger partial charge on any atom is 0.303 e. The third-order valence-electron chi connectivity index (χ3n) is 2.11. The number of carboxylic acids is 1. The quantitative estimate of drug-likeness (QED) is 0.842. The number of rotatable bonds is 5. The Bertz CT molecular complexity index is 352. The first kappa shape index (κ1) is 12.6. The van der Waals surface area contributed by atoms with E-state index in [9.17, 15) is 4.79 Å². The van der Waals surface area contributed by atoms with Crippen LogP contribution in [0.15, 0.2) is 27.6 Å². The minimum atomic E-state index is -0.729. The standard InChI is InChI=1S/C11H13BrO2S/c1-15-10-6-3-5-9(12)8(10)4-2-7-11(13)14/h3,5-6H,2,4,7H2,1H3,(H,13,14). The van der Waals surface area contributed by atoms with Gasteiger partial charge in [-0.2, -0.15) is 0 Å². The molecule has 1 aromatic carbocycles. The second-order valence-electron chi connectivity index (χ2n) is 3.17. The number of carboxylic acid groups (broad SMARTS) is 1. The molecule has 15 heavy (non-hydrogen) atoms. The molecular formula is C11H13BrO2S. The lowest BCUT2D eigenvalue weighted by molar-refractivity contribution is -0.137. The highest BCUT2D eigenvalue weighted by Crippen LogP contribution is 2.28. The van der Waals surface area contributed by atoms with Crippen LogP contribution in [-0.2, 0) is 11.2 Å². The monoisotopic (exact) mass is 288 g/mol. The average Bonchev–Trinajstić information content (AvgIpc) is 2.20. The Balaban J connectivity index is 2.70. The van der Waals surface area contributed by atoms with Crippen LogP contribution >= 0.6 is 27.7 Å². The van der Waals surface area contributed by atoms with E-state index in [0.29, 0.717) is 6.42 Å². The molecule has 0 aliphatic heterocycles. The Kier molecular flexibility index (Phi) is 5.19. The molecule has 0 atom stereocenters. The van der Waals surface area contributed by atoms with E-state index >= 15 is 0 Å². The van der Waals surface area contributed by atoms with E-state index in [1.807, 2.05) is 18.4 Å². The minimum absolute atomic E-state index is 0.231. The third kappa shape index (κ3) is 3.87. The molecule has 1 aromatic rings. The molecule has 1 N–H and O–H groups in total. The van der Waals surface area contributed by atoms with Crippen molar-refractivity contribution in [2.45, 2.75) is 24.2 Å². The summed E-state index contributed by atoms with van der Waals surface area (Å²) in [6, 6.07) is 6.05. The molecule has 0 unspecified atom stereocenters. The van der Waals surface area contributed by atoms with Crippen LogP contribution in [-0.4, -0.2) is 17.3 Å². The van der Waals surface area contributed by atoms with E-state index in [-0.39, 0.29) is 6.42 Å². The lowest BCUT2D eigenvalue weighted by Gasteiger charge is -2.08. The van der Waals surface area contributed by atoms with Gasteiger partial charge in [-0.25, -0.2) is 0 Å². The Hall–Kier alpha value is -0.480. The summed E-state index contributed by atoms with van der Waals surface area (Å²) in [7, 11) is 0. The summed E-state index contributed by atoms with van der Waals surface area (Å²) in [5.41, 5.74) is 1.21. The topological polar surface area (TPSA) is 37.3 Å². The normalized spacial score (nSPS) is 10.3. The third-order valence-corrected chi connectivity index (χ3v) is 3.68. The van der Waals surface area contributed by atoms with Gasteiger partial charge in [0.15, 0.2) is 0 Å². The zero-order valence-corrected chi connectivity index (χ0v) is 10.9. The van der Waals surface area contributed by atoms with Gasteiger partial charge in [0.1, 0.15) is 0 Å². The molecule has 0 radical (unpaired) electrons. The highest BCUT2D eigenvalue weighted by atomic mass is 79.9. The molecule has 4 heteroatoms. The summed E-state index contributed by atoms with van der Waals surface area (Å²) >= 11 is 5.19. The summed E-state index contributed by atoms with van der Waals surface area (Å²) in [4.78, 5) is 11.6. The number of halogens is 1. The first-order chi connectivity index (χ1) is 7.15. The molecule has 0 amide bonds. The van der Waals surface area contributed by atoms with Crippen molar-refractivity contribution in [2.75, 3.05) is 6.26 Å². The predicted molar refractivity (Wildman–Crippen MR) is 66.5 cm³/mol. The maximum atomic E-state index is 10.4. The van der Waals surface area contributed by atoms with E-state index in [1.54, 1.807) is 11.8 Å². The summed E-state index contributed by atoms with van der Waals surface area (Å²) < 4.78 is 1.07. The van der Waals surface area contributed by atoms with Crippen LogP contribution in [0.4, 0.5) is 0 Å². The molecule has 0 saturated carbocycles. The molecule has 2 nitrogen and oxygen atoms in total.